The molecule has 2 aromatic carbocycles. The molecule has 5 heteroatoms. The van der Waals surface area contributed by atoms with Gasteiger partial charge in [0.05, 0.1) is 16.8 Å². The molecule has 5 nitrogen and oxygen atoms in total. The van der Waals surface area contributed by atoms with Gasteiger partial charge >= 0.3 is 11.9 Å². The molecule has 3 N–H and O–H groups in total. The zero-order valence-electron chi connectivity index (χ0n) is 14.2. The number of anilines is 1. The molecule has 0 atom stereocenters. The molecule has 0 aliphatic rings. The van der Waals surface area contributed by atoms with Crippen molar-refractivity contribution in [3.63, 3.8) is 0 Å². The predicted molar refractivity (Wildman–Crippen MR) is 93.2 cm³/mol. The van der Waals surface area contributed by atoms with Crippen LogP contribution in [-0.4, -0.2) is 22.6 Å². The minimum Gasteiger partial charge on any atom is -0.478 e. The van der Waals surface area contributed by atoms with Gasteiger partial charge in [0, 0.05) is 5.56 Å². The number of para-hydroxylation sites is 1. The predicted octanol–water partition coefficient (Wildman–Crippen LogP) is 3.90. The molecule has 0 radical (unpaired) electrons. The summed E-state index contributed by atoms with van der Waals surface area (Å²) in [6, 6.07) is 9.94. The van der Waals surface area contributed by atoms with E-state index in [-0.39, 0.29) is 5.56 Å². The number of aromatic carboxylic acids is 1. The molecule has 0 aliphatic carbocycles. The summed E-state index contributed by atoms with van der Waals surface area (Å²) >= 11 is 0. The number of hydrogen-bond donors (Lipinski definition) is 2. The summed E-state index contributed by atoms with van der Waals surface area (Å²) in [5.41, 5.74) is 8.61. The number of esters is 1. The van der Waals surface area contributed by atoms with E-state index < -0.39 is 17.5 Å². The molecule has 0 aromatic heterocycles. The molecule has 2 aromatic rings. The number of benzene rings is 2. The summed E-state index contributed by atoms with van der Waals surface area (Å²) < 4.78 is 5.38. The lowest BCUT2D eigenvalue weighted by Crippen LogP contribution is -2.24. The number of carboxylic acid groups (broad SMARTS) is 1. The Labute approximate surface area is 141 Å². The van der Waals surface area contributed by atoms with Crippen LogP contribution in [0.15, 0.2) is 36.4 Å². The lowest BCUT2D eigenvalue weighted by molar-refractivity contribution is 0.00706. The molecule has 24 heavy (non-hydrogen) atoms. The second-order valence-corrected chi connectivity index (χ2v) is 6.60. The zero-order chi connectivity index (χ0) is 18.1. The van der Waals surface area contributed by atoms with Crippen molar-refractivity contribution in [2.45, 2.75) is 33.3 Å². The largest absolute Gasteiger partial charge is 0.478 e. The first-order valence-corrected chi connectivity index (χ1v) is 7.56. The number of hydrogen-bond acceptors (Lipinski definition) is 4. The topological polar surface area (TPSA) is 89.6 Å². The van der Waals surface area contributed by atoms with E-state index in [9.17, 15) is 9.59 Å². The Morgan fingerprint density at radius 2 is 1.75 bits per heavy atom. The van der Waals surface area contributed by atoms with Crippen molar-refractivity contribution in [1.82, 2.24) is 0 Å². The van der Waals surface area contributed by atoms with Crippen molar-refractivity contribution >= 4 is 17.6 Å². The van der Waals surface area contributed by atoms with E-state index in [4.69, 9.17) is 15.6 Å². The highest BCUT2D eigenvalue weighted by atomic mass is 16.6. The van der Waals surface area contributed by atoms with Crippen molar-refractivity contribution in [2.75, 3.05) is 5.73 Å². The summed E-state index contributed by atoms with van der Waals surface area (Å²) in [6.45, 7) is 7.18. The van der Waals surface area contributed by atoms with E-state index in [2.05, 4.69) is 0 Å². The Bertz CT molecular complexity index is 803. The number of carbonyl (C=O) groups excluding carboxylic acids is 1. The second kappa shape index (κ2) is 6.35. The highest BCUT2D eigenvalue weighted by Crippen LogP contribution is 2.32. The molecule has 0 heterocycles. The fourth-order valence-electron chi connectivity index (χ4n) is 2.41. The summed E-state index contributed by atoms with van der Waals surface area (Å²) in [7, 11) is 0. The number of ether oxygens (including phenoxy) is 1. The molecular weight excluding hydrogens is 306 g/mol. The highest BCUT2D eigenvalue weighted by Gasteiger charge is 2.21. The van der Waals surface area contributed by atoms with Crippen LogP contribution in [0.4, 0.5) is 5.69 Å². The van der Waals surface area contributed by atoms with Crippen molar-refractivity contribution in [2.24, 2.45) is 0 Å². The van der Waals surface area contributed by atoms with Crippen LogP contribution in [0.3, 0.4) is 0 Å². The SMILES string of the molecule is Cc1cc(C(=O)O)ccc1-c1cccc(C(=O)OC(C)(C)C)c1N. The van der Waals surface area contributed by atoms with Gasteiger partial charge in [0.15, 0.2) is 0 Å². The number of aryl methyl sites for hydroxylation is 1. The van der Waals surface area contributed by atoms with Gasteiger partial charge < -0.3 is 15.6 Å². The maximum atomic E-state index is 12.3. The van der Waals surface area contributed by atoms with E-state index in [0.717, 1.165) is 11.1 Å². The molecule has 126 valence electrons. The molecule has 0 spiro atoms. The van der Waals surface area contributed by atoms with Crippen LogP contribution in [0, 0.1) is 6.92 Å². The lowest BCUT2D eigenvalue weighted by atomic mass is 9.95. The Morgan fingerprint density at radius 3 is 2.29 bits per heavy atom. The van der Waals surface area contributed by atoms with Crippen LogP contribution in [0.5, 0.6) is 0 Å². The van der Waals surface area contributed by atoms with Gasteiger partial charge in [0.25, 0.3) is 0 Å². The van der Waals surface area contributed by atoms with Gasteiger partial charge in [-0.1, -0.05) is 18.2 Å². The highest BCUT2D eigenvalue weighted by molar-refractivity contribution is 6.00. The maximum Gasteiger partial charge on any atom is 0.340 e. The standard InChI is InChI=1S/C19H21NO4/c1-11-10-12(17(21)22)8-9-13(11)14-6-5-7-15(16(14)20)18(23)24-19(2,3)4/h5-10H,20H2,1-4H3,(H,21,22). The van der Waals surface area contributed by atoms with Gasteiger partial charge in [-0.15, -0.1) is 0 Å². The zero-order valence-corrected chi connectivity index (χ0v) is 14.2. The van der Waals surface area contributed by atoms with E-state index >= 15 is 0 Å². The molecule has 0 saturated carbocycles. The van der Waals surface area contributed by atoms with Gasteiger partial charge in [0.2, 0.25) is 0 Å². The summed E-state index contributed by atoms with van der Waals surface area (Å²) in [4.78, 5) is 23.4. The van der Waals surface area contributed by atoms with Crippen molar-refractivity contribution in [3.8, 4) is 11.1 Å². The van der Waals surface area contributed by atoms with Crippen LogP contribution in [0.25, 0.3) is 11.1 Å². The number of rotatable bonds is 3. The van der Waals surface area contributed by atoms with E-state index in [1.807, 2.05) is 0 Å². The van der Waals surface area contributed by atoms with Crippen molar-refractivity contribution in [1.29, 1.82) is 0 Å². The molecule has 2 rings (SSSR count). The number of nitrogens with two attached hydrogens (primary N) is 1. The molecular formula is C19H21NO4. The smallest absolute Gasteiger partial charge is 0.340 e. The molecule has 0 fully saturated rings. The first-order valence-electron chi connectivity index (χ1n) is 7.56. The molecule has 0 bridgehead atoms. The first-order chi connectivity index (χ1) is 11.1. The van der Waals surface area contributed by atoms with Gasteiger partial charge in [-0.3, -0.25) is 0 Å². The van der Waals surface area contributed by atoms with Crippen LogP contribution in [0.2, 0.25) is 0 Å². The second-order valence-electron chi connectivity index (χ2n) is 6.60. The van der Waals surface area contributed by atoms with Gasteiger partial charge in [-0.2, -0.15) is 0 Å². The van der Waals surface area contributed by atoms with Crippen molar-refractivity contribution in [3.05, 3.63) is 53.1 Å². The molecule has 0 amide bonds. The molecule has 0 saturated heterocycles. The minimum absolute atomic E-state index is 0.207. The fourth-order valence-corrected chi connectivity index (χ4v) is 2.41. The number of nitrogen functional groups attached to an aromatic ring is 1. The fraction of sp³-hybridized carbons (Fsp3) is 0.263. The normalized spacial score (nSPS) is 11.2. The quantitative estimate of drug-likeness (QED) is 0.659. The van der Waals surface area contributed by atoms with E-state index in [1.165, 1.54) is 6.07 Å². The maximum absolute atomic E-state index is 12.3. The Morgan fingerprint density at radius 1 is 1.08 bits per heavy atom. The van der Waals surface area contributed by atoms with Crippen LogP contribution in [0.1, 0.15) is 47.1 Å². The Hall–Kier alpha value is -2.82. The van der Waals surface area contributed by atoms with Gasteiger partial charge in [0.1, 0.15) is 5.60 Å². The lowest BCUT2D eigenvalue weighted by Gasteiger charge is -2.21. The molecule has 0 aliphatic heterocycles. The van der Waals surface area contributed by atoms with Crippen LogP contribution >= 0.6 is 0 Å². The monoisotopic (exact) mass is 327 g/mol. The summed E-state index contributed by atoms with van der Waals surface area (Å²) in [6.07, 6.45) is 0. The van der Waals surface area contributed by atoms with Gasteiger partial charge in [-0.25, -0.2) is 9.59 Å². The average molecular weight is 327 g/mol. The van der Waals surface area contributed by atoms with E-state index in [0.29, 0.717) is 16.8 Å². The third-order valence-electron chi connectivity index (χ3n) is 3.49. The average Bonchev–Trinajstić information content (AvgIpc) is 2.45. The summed E-state index contributed by atoms with van der Waals surface area (Å²) in [5.74, 6) is -1.47. The third-order valence-corrected chi connectivity index (χ3v) is 3.49. The first kappa shape index (κ1) is 17.5. The van der Waals surface area contributed by atoms with Crippen LogP contribution < -0.4 is 5.73 Å². The number of carboxylic acids is 1. The van der Waals surface area contributed by atoms with Crippen LogP contribution in [-0.2, 0) is 4.74 Å². The third kappa shape index (κ3) is 3.74. The minimum atomic E-state index is -0.986. The summed E-state index contributed by atoms with van der Waals surface area (Å²) in [5, 5.41) is 9.06. The van der Waals surface area contributed by atoms with E-state index in [1.54, 1.807) is 58.0 Å². The van der Waals surface area contributed by atoms with Crippen molar-refractivity contribution < 1.29 is 19.4 Å². The van der Waals surface area contributed by atoms with Gasteiger partial charge in [-0.05, 0) is 57.0 Å². The molecule has 0 unspecified atom stereocenters. The Kier molecular flexibility index (Phi) is 4.64. The Balaban J connectivity index is 2.48. The number of carbonyl (C=O) groups is 2.